The second-order valence-corrected chi connectivity index (χ2v) is 6.73. The van der Waals surface area contributed by atoms with Crippen molar-refractivity contribution in [3.05, 3.63) is 34.1 Å². The number of hydrogen-bond acceptors (Lipinski definition) is 8. The first kappa shape index (κ1) is 23.5. The Morgan fingerprint density at radius 2 is 1.50 bits per heavy atom. The normalized spacial score (nSPS) is 11.6. The number of thiocarbonyl (C=S) groups is 2. The molecule has 0 aliphatic heterocycles. The molecule has 0 aromatic rings. The van der Waals surface area contributed by atoms with Crippen LogP contribution >= 0.6 is 55.2 Å². The Morgan fingerprint density at radius 1 is 1.08 bits per heavy atom. The first-order chi connectivity index (χ1) is 11.4. The molecule has 0 radical (unpaired) electrons. The van der Waals surface area contributed by atoms with Crippen molar-refractivity contribution < 1.29 is 23.7 Å². The van der Waals surface area contributed by atoms with Crippen LogP contribution in [0.2, 0.25) is 0 Å². The van der Waals surface area contributed by atoms with E-state index in [1.165, 1.54) is 12.2 Å². The van der Waals surface area contributed by atoms with Gasteiger partial charge in [0.15, 0.2) is 5.31 Å². The van der Waals surface area contributed by atoms with E-state index in [1.807, 2.05) is 0 Å². The van der Waals surface area contributed by atoms with Crippen molar-refractivity contribution in [3.63, 3.8) is 0 Å². The zero-order valence-corrected chi connectivity index (χ0v) is 16.8. The van der Waals surface area contributed by atoms with Gasteiger partial charge in [0.1, 0.15) is 6.07 Å². The van der Waals surface area contributed by atoms with Crippen LogP contribution in [0.15, 0.2) is 34.1 Å². The molecule has 0 bridgehead atoms. The molecule has 0 aliphatic rings. The molecule has 0 atom stereocenters. The lowest BCUT2D eigenvalue weighted by Crippen LogP contribution is -2.11. The summed E-state index contributed by atoms with van der Waals surface area (Å²) >= 11 is 21.3. The van der Waals surface area contributed by atoms with Crippen molar-refractivity contribution in [1.82, 2.24) is 0 Å². The van der Waals surface area contributed by atoms with Crippen LogP contribution in [-0.4, -0.2) is 22.9 Å². The van der Waals surface area contributed by atoms with E-state index >= 15 is 0 Å². The van der Waals surface area contributed by atoms with Gasteiger partial charge >= 0.3 is 7.60 Å². The lowest BCUT2D eigenvalue weighted by Gasteiger charge is -2.17. The Balaban J connectivity index is 6.37. The Bertz CT molecular complexity index is 605. The standard InChI is InChI=1S/C13H14Cl2NO5PS2/c1-3-18-20-22(17,21-19-4-2)10(9-16)13(11(23)5-7-14)12(24)6-8-15/h5-8H,3-4H2,1-2H3/b7-5-,8-6-. The van der Waals surface area contributed by atoms with Gasteiger partial charge < -0.3 is 0 Å². The van der Waals surface area contributed by atoms with Crippen LogP contribution in [0.3, 0.4) is 0 Å². The third-order valence-corrected chi connectivity index (χ3v) is 4.48. The summed E-state index contributed by atoms with van der Waals surface area (Å²) in [6, 6.07) is 1.72. The van der Waals surface area contributed by atoms with Crippen molar-refractivity contribution in [2.75, 3.05) is 13.2 Å². The summed E-state index contributed by atoms with van der Waals surface area (Å²) in [5, 5.41) is 8.98. The molecule has 11 heteroatoms. The van der Waals surface area contributed by atoms with Crippen LogP contribution in [0, 0.1) is 11.3 Å². The van der Waals surface area contributed by atoms with Crippen LogP contribution in [0.5, 0.6) is 0 Å². The monoisotopic (exact) mass is 429 g/mol. The van der Waals surface area contributed by atoms with Gasteiger partial charge in [-0.15, -0.1) is 9.35 Å². The van der Waals surface area contributed by atoms with Crippen LogP contribution in [0.25, 0.3) is 0 Å². The van der Waals surface area contributed by atoms with E-state index in [9.17, 15) is 9.83 Å². The van der Waals surface area contributed by atoms with Gasteiger partial charge in [-0.25, -0.2) is 14.3 Å². The maximum absolute atomic E-state index is 12.9. The smallest absolute Gasteiger partial charge is 0.249 e. The number of rotatable bonds is 11. The molecule has 0 aromatic carbocycles. The van der Waals surface area contributed by atoms with Crippen LogP contribution in [0.1, 0.15) is 13.8 Å². The molecule has 0 fully saturated rings. The van der Waals surface area contributed by atoms with E-state index in [0.29, 0.717) is 0 Å². The van der Waals surface area contributed by atoms with Crippen molar-refractivity contribution in [2.24, 2.45) is 0 Å². The number of halogens is 2. The zero-order valence-electron chi connectivity index (χ0n) is 12.7. The van der Waals surface area contributed by atoms with E-state index in [-0.39, 0.29) is 28.5 Å². The second kappa shape index (κ2) is 12.8. The fourth-order valence-electron chi connectivity index (χ4n) is 1.22. The second-order valence-electron chi connectivity index (χ2n) is 3.61. The number of nitriles is 1. The van der Waals surface area contributed by atoms with Crippen LogP contribution < -0.4 is 0 Å². The van der Waals surface area contributed by atoms with Gasteiger partial charge in [0, 0.05) is 26.4 Å². The highest BCUT2D eigenvalue weighted by Gasteiger charge is 2.38. The molecule has 0 aromatic heterocycles. The molecule has 0 unspecified atom stereocenters. The maximum atomic E-state index is 12.9. The predicted octanol–water partition coefficient (Wildman–Crippen LogP) is 5.14. The van der Waals surface area contributed by atoms with Gasteiger partial charge in [-0.1, -0.05) is 47.6 Å². The van der Waals surface area contributed by atoms with Crippen LogP contribution in [0.4, 0.5) is 0 Å². The van der Waals surface area contributed by atoms with E-state index in [4.69, 9.17) is 57.0 Å². The predicted molar refractivity (Wildman–Crippen MR) is 101 cm³/mol. The summed E-state index contributed by atoms with van der Waals surface area (Å²) in [5.74, 6) is 0. The molecule has 0 heterocycles. The molecule has 0 rings (SSSR count). The highest BCUT2D eigenvalue weighted by molar-refractivity contribution is 7.83. The van der Waals surface area contributed by atoms with Crippen molar-refractivity contribution in [2.45, 2.75) is 13.8 Å². The van der Waals surface area contributed by atoms with Crippen molar-refractivity contribution >= 4 is 65.0 Å². The summed E-state index contributed by atoms with van der Waals surface area (Å²) in [6.07, 6.45) is 2.56. The summed E-state index contributed by atoms with van der Waals surface area (Å²) in [5.41, 5.74) is 2.16. The highest BCUT2D eigenvalue weighted by Crippen LogP contribution is 2.57. The zero-order chi connectivity index (χ0) is 18.6. The molecule has 0 N–H and O–H groups in total. The van der Waals surface area contributed by atoms with Gasteiger partial charge in [-0.05, 0) is 26.0 Å². The minimum absolute atomic E-state index is 0.0294. The largest absolute Gasteiger partial charge is 0.426 e. The molecule has 0 amide bonds. The summed E-state index contributed by atoms with van der Waals surface area (Å²) < 4.78 is 22.4. The topological polar surface area (TPSA) is 77.8 Å². The first-order valence-corrected chi connectivity index (χ1v) is 9.64. The molecular weight excluding hydrogens is 416 g/mol. The SMILES string of the molecule is CCOOP(=O)(OOCC)C(C#N)=C(C(=S)/C=C\Cl)C(=S)/C=C\Cl. The Kier molecular flexibility index (Phi) is 12.6. The maximum Gasteiger partial charge on any atom is 0.426 e. The minimum atomic E-state index is -4.33. The lowest BCUT2D eigenvalue weighted by atomic mass is 10.1. The number of nitrogens with zero attached hydrogens (tertiary/aromatic N) is 1. The Hall–Kier alpha value is -0.460. The summed E-state index contributed by atoms with van der Waals surface area (Å²) in [7, 11) is -4.33. The van der Waals surface area contributed by atoms with E-state index in [2.05, 4.69) is 9.78 Å². The van der Waals surface area contributed by atoms with Gasteiger partial charge in [-0.3, -0.25) is 0 Å². The number of hydrogen-bond donors (Lipinski definition) is 0. The summed E-state index contributed by atoms with van der Waals surface area (Å²) in [6.45, 7) is 3.27. The van der Waals surface area contributed by atoms with Crippen LogP contribution in [-0.2, 0) is 23.7 Å². The third-order valence-electron chi connectivity index (χ3n) is 2.08. The first-order valence-electron chi connectivity index (χ1n) is 6.41. The summed E-state index contributed by atoms with van der Waals surface area (Å²) in [4.78, 5) is 9.42. The van der Waals surface area contributed by atoms with Gasteiger partial charge in [-0.2, -0.15) is 5.26 Å². The van der Waals surface area contributed by atoms with Gasteiger partial charge in [0.05, 0.1) is 13.2 Å². The molecule has 132 valence electrons. The molecule has 0 aliphatic carbocycles. The molecule has 6 nitrogen and oxygen atoms in total. The third kappa shape index (κ3) is 7.19. The number of allylic oxidation sites excluding steroid dienone is 4. The molecule has 0 spiro atoms. The quantitative estimate of drug-likeness (QED) is 0.111. The molecular formula is C13H14Cl2NO5PS2. The van der Waals surface area contributed by atoms with Gasteiger partial charge in [0.25, 0.3) is 0 Å². The van der Waals surface area contributed by atoms with Crippen molar-refractivity contribution in [3.8, 4) is 6.07 Å². The average molecular weight is 430 g/mol. The van der Waals surface area contributed by atoms with Crippen molar-refractivity contribution in [1.29, 1.82) is 5.26 Å². The molecule has 24 heavy (non-hydrogen) atoms. The molecule has 0 saturated carbocycles. The van der Waals surface area contributed by atoms with E-state index < -0.39 is 12.9 Å². The Morgan fingerprint density at radius 3 is 1.79 bits per heavy atom. The average Bonchev–Trinajstić information content (AvgIpc) is 2.56. The minimum Gasteiger partial charge on any atom is -0.249 e. The van der Waals surface area contributed by atoms with E-state index in [1.54, 1.807) is 19.9 Å². The molecule has 0 saturated heterocycles. The van der Waals surface area contributed by atoms with E-state index in [0.717, 1.165) is 11.1 Å². The van der Waals surface area contributed by atoms with Gasteiger partial charge in [0.2, 0.25) is 0 Å². The Labute approximate surface area is 161 Å². The highest BCUT2D eigenvalue weighted by atomic mass is 35.5. The lowest BCUT2D eigenvalue weighted by molar-refractivity contribution is -0.261. The fraction of sp³-hybridized carbons (Fsp3) is 0.308. The fourth-order valence-corrected chi connectivity index (χ4v) is 3.70.